The van der Waals surface area contributed by atoms with E-state index in [0.717, 1.165) is 16.8 Å². The summed E-state index contributed by atoms with van der Waals surface area (Å²) in [5, 5.41) is 2.81. The van der Waals surface area contributed by atoms with Crippen molar-refractivity contribution in [3.05, 3.63) is 23.3 Å². The molecule has 4 heteroatoms. The zero-order chi connectivity index (χ0) is 11.0. The predicted octanol–water partition coefficient (Wildman–Crippen LogP) is 0.962. The van der Waals surface area contributed by atoms with Gasteiger partial charge in [0, 0.05) is 6.54 Å². The Morgan fingerprint density at radius 2 is 2.20 bits per heavy atom. The lowest BCUT2D eigenvalue weighted by Crippen LogP contribution is -2.42. The highest BCUT2D eigenvalue weighted by atomic mass is 16.5. The topological polar surface area (TPSA) is 64.3 Å². The molecule has 4 nitrogen and oxygen atoms in total. The van der Waals surface area contributed by atoms with Crippen molar-refractivity contribution in [1.82, 2.24) is 0 Å². The third kappa shape index (κ3) is 1.68. The number of benzene rings is 1. The van der Waals surface area contributed by atoms with Crippen LogP contribution in [-0.4, -0.2) is 18.6 Å². The Hall–Kier alpha value is -1.55. The molecule has 3 N–H and O–H groups in total. The molecule has 2 rings (SSSR count). The molecule has 0 aromatic heterocycles. The van der Waals surface area contributed by atoms with E-state index < -0.39 is 6.10 Å². The summed E-state index contributed by atoms with van der Waals surface area (Å²) in [6.45, 7) is 4.13. The van der Waals surface area contributed by atoms with Gasteiger partial charge in [0.2, 0.25) is 0 Å². The molecule has 1 aromatic carbocycles. The third-order valence-corrected chi connectivity index (χ3v) is 2.47. The molecule has 1 aliphatic heterocycles. The molecular formula is C11H14N2O2. The van der Waals surface area contributed by atoms with Gasteiger partial charge in [0.05, 0.1) is 5.69 Å². The van der Waals surface area contributed by atoms with Crippen molar-refractivity contribution in [3.63, 3.8) is 0 Å². The first kappa shape index (κ1) is 9.98. The lowest BCUT2D eigenvalue weighted by Gasteiger charge is -2.26. The van der Waals surface area contributed by atoms with E-state index in [-0.39, 0.29) is 12.5 Å². The minimum Gasteiger partial charge on any atom is -0.477 e. The standard InChI is InChI=1S/C11H14N2O2/c1-6-3-7(2)10-8(4-6)15-9(5-12)11(14)13-10/h3-4,9H,5,12H2,1-2H3,(H,13,14). The first-order valence-electron chi connectivity index (χ1n) is 4.90. The lowest BCUT2D eigenvalue weighted by molar-refractivity contribution is -0.123. The van der Waals surface area contributed by atoms with Crippen molar-refractivity contribution in [1.29, 1.82) is 0 Å². The maximum atomic E-state index is 11.5. The Morgan fingerprint density at radius 1 is 1.47 bits per heavy atom. The normalized spacial score (nSPS) is 19.1. The van der Waals surface area contributed by atoms with Crippen LogP contribution < -0.4 is 15.8 Å². The van der Waals surface area contributed by atoms with Gasteiger partial charge in [-0.1, -0.05) is 6.07 Å². The number of nitrogens with two attached hydrogens (primary N) is 1. The summed E-state index contributed by atoms with van der Waals surface area (Å²) in [6.07, 6.45) is -0.571. The molecule has 0 fully saturated rings. The zero-order valence-electron chi connectivity index (χ0n) is 8.83. The van der Waals surface area contributed by atoms with Gasteiger partial charge in [0.25, 0.3) is 5.91 Å². The molecular weight excluding hydrogens is 192 g/mol. The number of hydrogen-bond donors (Lipinski definition) is 2. The second-order valence-electron chi connectivity index (χ2n) is 3.79. The van der Waals surface area contributed by atoms with Gasteiger partial charge in [0.1, 0.15) is 5.75 Å². The fraction of sp³-hybridized carbons (Fsp3) is 0.364. The van der Waals surface area contributed by atoms with Gasteiger partial charge in [-0.2, -0.15) is 0 Å². The molecule has 0 spiro atoms. The number of amides is 1. The molecule has 1 amide bonds. The van der Waals surface area contributed by atoms with Gasteiger partial charge in [-0.25, -0.2) is 0 Å². The van der Waals surface area contributed by atoms with Crippen LogP contribution in [0.4, 0.5) is 5.69 Å². The fourth-order valence-electron chi connectivity index (χ4n) is 1.75. The van der Waals surface area contributed by atoms with Gasteiger partial charge < -0.3 is 15.8 Å². The monoisotopic (exact) mass is 206 g/mol. The molecule has 1 aliphatic rings. The van der Waals surface area contributed by atoms with E-state index in [1.165, 1.54) is 0 Å². The van der Waals surface area contributed by atoms with Crippen molar-refractivity contribution >= 4 is 11.6 Å². The molecule has 15 heavy (non-hydrogen) atoms. The maximum absolute atomic E-state index is 11.5. The second kappa shape index (κ2) is 3.55. The molecule has 0 bridgehead atoms. The summed E-state index contributed by atoms with van der Waals surface area (Å²) in [6, 6.07) is 3.91. The van der Waals surface area contributed by atoms with E-state index in [2.05, 4.69) is 5.32 Å². The first-order chi connectivity index (χ1) is 7.11. The molecule has 1 heterocycles. The smallest absolute Gasteiger partial charge is 0.266 e. The van der Waals surface area contributed by atoms with Crippen molar-refractivity contribution in [2.45, 2.75) is 20.0 Å². The van der Waals surface area contributed by atoms with Crippen LogP contribution in [0, 0.1) is 13.8 Å². The number of hydrogen-bond acceptors (Lipinski definition) is 3. The highest BCUT2D eigenvalue weighted by Crippen LogP contribution is 2.33. The van der Waals surface area contributed by atoms with Crippen molar-refractivity contribution in [2.75, 3.05) is 11.9 Å². The average Bonchev–Trinajstić information content (AvgIpc) is 2.18. The highest BCUT2D eigenvalue weighted by Gasteiger charge is 2.27. The van der Waals surface area contributed by atoms with E-state index in [1.807, 2.05) is 26.0 Å². The predicted molar refractivity (Wildman–Crippen MR) is 58.0 cm³/mol. The summed E-state index contributed by atoms with van der Waals surface area (Å²) >= 11 is 0. The Kier molecular flexibility index (Phi) is 2.36. The molecule has 1 unspecified atom stereocenters. The van der Waals surface area contributed by atoms with Gasteiger partial charge in [0.15, 0.2) is 6.10 Å². The number of rotatable bonds is 1. The van der Waals surface area contributed by atoms with Crippen LogP contribution in [0.5, 0.6) is 5.75 Å². The van der Waals surface area contributed by atoms with Crippen LogP contribution in [0.25, 0.3) is 0 Å². The van der Waals surface area contributed by atoms with Gasteiger partial charge in [-0.15, -0.1) is 0 Å². The Bertz CT molecular complexity index is 415. The van der Waals surface area contributed by atoms with Crippen LogP contribution in [0.1, 0.15) is 11.1 Å². The molecule has 80 valence electrons. The quantitative estimate of drug-likeness (QED) is 0.719. The highest BCUT2D eigenvalue weighted by molar-refractivity contribution is 5.98. The molecule has 0 saturated heterocycles. The van der Waals surface area contributed by atoms with Gasteiger partial charge in [-0.05, 0) is 31.0 Å². The number of anilines is 1. The number of nitrogens with one attached hydrogen (secondary N) is 1. The Balaban J connectivity index is 2.45. The number of fused-ring (bicyclic) bond motifs is 1. The Morgan fingerprint density at radius 3 is 2.87 bits per heavy atom. The van der Waals surface area contributed by atoms with Crippen LogP contribution in [0.2, 0.25) is 0 Å². The van der Waals surface area contributed by atoms with Gasteiger partial charge in [-0.3, -0.25) is 4.79 Å². The van der Waals surface area contributed by atoms with Crippen LogP contribution >= 0.6 is 0 Å². The third-order valence-electron chi connectivity index (χ3n) is 2.47. The van der Waals surface area contributed by atoms with E-state index in [9.17, 15) is 4.79 Å². The number of carbonyl (C=O) groups is 1. The van der Waals surface area contributed by atoms with Gasteiger partial charge >= 0.3 is 0 Å². The van der Waals surface area contributed by atoms with E-state index in [1.54, 1.807) is 0 Å². The average molecular weight is 206 g/mol. The molecule has 1 atom stereocenters. The van der Waals surface area contributed by atoms with Crippen LogP contribution in [-0.2, 0) is 4.79 Å². The van der Waals surface area contributed by atoms with Crippen molar-refractivity contribution < 1.29 is 9.53 Å². The van der Waals surface area contributed by atoms with Crippen LogP contribution in [0.15, 0.2) is 12.1 Å². The number of aryl methyl sites for hydroxylation is 2. The summed E-state index contributed by atoms with van der Waals surface area (Å²) in [7, 11) is 0. The summed E-state index contributed by atoms with van der Waals surface area (Å²) < 4.78 is 5.52. The summed E-state index contributed by atoms with van der Waals surface area (Å²) in [5.41, 5.74) is 8.32. The number of carbonyl (C=O) groups excluding carboxylic acids is 1. The molecule has 0 aliphatic carbocycles. The summed E-state index contributed by atoms with van der Waals surface area (Å²) in [5.74, 6) is 0.541. The summed E-state index contributed by atoms with van der Waals surface area (Å²) in [4.78, 5) is 11.5. The van der Waals surface area contributed by atoms with Crippen LogP contribution in [0.3, 0.4) is 0 Å². The largest absolute Gasteiger partial charge is 0.477 e. The molecule has 0 saturated carbocycles. The lowest BCUT2D eigenvalue weighted by atomic mass is 10.1. The molecule has 1 aromatic rings. The van der Waals surface area contributed by atoms with E-state index in [0.29, 0.717) is 5.75 Å². The second-order valence-corrected chi connectivity index (χ2v) is 3.79. The van der Waals surface area contributed by atoms with E-state index in [4.69, 9.17) is 10.5 Å². The molecule has 0 radical (unpaired) electrons. The van der Waals surface area contributed by atoms with Crippen molar-refractivity contribution in [3.8, 4) is 5.75 Å². The maximum Gasteiger partial charge on any atom is 0.266 e. The SMILES string of the molecule is Cc1cc(C)c2c(c1)OC(CN)C(=O)N2. The zero-order valence-corrected chi connectivity index (χ0v) is 8.83. The minimum absolute atomic E-state index is 0.169. The minimum atomic E-state index is -0.571. The first-order valence-corrected chi connectivity index (χ1v) is 4.90. The number of ether oxygens (including phenoxy) is 1. The fourth-order valence-corrected chi connectivity index (χ4v) is 1.75. The Labute approximate surface area is 88.4 Å². The van der Waals surface area contributed by atoms with E-state index >= 15 is 0 Å². The van der Waals surface area contributed by atoms with Crippen molar-refractivity contribution in [2.24, 2.45) is 5.73 Å².